The van der Waals surface area contributed by atoms with Gasteiger partial charge in [-0.3, -0.25) is 4.99 Å². The molecule has 0 amide bonds. The van der Waals surface area contributed by atoms with Crippen LogP contribution in [-0.2, 0) is 0 Å². The summed E-state index contributed by atoms with van der Waals surface area (Å²) in [6.45, 7) is 0. The third-order valence-corrected chi connectivity index (χ3v) is 2.58. The Hall–Kier alpha value is -1.77. The predicted molar refractivity (Wildman–Crippen MR) is 58.9 cm³/mol. The van der Waals surface area contributed by atoms with Crippen LogP contribution in [0.1, 0.15) is 0 Å². The molecule has 3 nitrogen and oxygen atoms in total. The number of fused-ring (bicyclic) bond motifs is 2. The number of hydrogen-bond acceptors (Lipinski definition) is 3. The van der Waals surface area contributed by atoms with Crippen LogP contribution >= 0.6 is 0 Å². The lowest BCUT2D eigenvalue weighted by Gasteiger charge is -2.33. The van der Waals surface area contributed by atoms with Crippen LogP contribution in [0.2, 0.25) is 0 Å². The monoisotopic (exact) mass is 185 g/mol. The number of benzene rings is 1. The maximum Gasteiger partial charge on any atom is 0.0854 e. The summed E-state index contributed by atoms with van der Waals surface area (Å²) in [6.07, 6.45) is 5.85. The summed E-state index contributed by atoms with van der Waals surface area (Å²) in [5, 5.41) is 6.89. The molecule has 0 saturated carbocycles. The van der Waals surface area contributed by atoms with Crippen LogP contribution in [0.4, 0.5) is 11.4 Å². The summed E-state index contributed by atoms with van der Waals surface area (Å²) in [7, 11) is 0. The number of nitrogens with zero attached hydrogens (tertiary/aromatic N) is 1. The normalized spacial score (nSPS) is 27.1. The van der Waals surface area contributed by atoms with E-state index in [4.69, 9.17) is 0 Å². The SMILES string of the molecule is C1=CC2Nc3ccccc3NC2C=N1. The second kappa shape index (κ2) is 2.87. The third kappa shape index (κ3) is 1.09. The Morgan fingerprint density at radius 2 is 1.71 bits per heavy atom. The maximum absolute atomic E-state index is 4.13. The van der Waals surface area contributed by atoms with Crippen molar-refractivity contribution in [2.75, 3.05) is 10.6 Å². The Kier molecular flexibility index (Phi) is 1.56. The van der Waals surface area contributed by atoms with E-state index in [1.165, 1.54) is 0 Å². The van der Waals surface area contributed by atoms with Crippen molar-refractivity contribution >= 4 is 17.6 Å². The Balaban J connectivity index is 2.00. The highest BCUT2D eigenvalue weighted by atomic mass is 15.1. The van der Waals surface area contributed by atoms with Gasteiger partial charge in [-0.05, 0) is 18.2 Å². The summed E-state index contributed by atoms with van der Waals surface area (Å²) >= 11 is 0. The highest BCUT2D eigenvalue weighted by molar-refractivity contribution is 5.82. The molecule has 0 aliphatic carbocycles. The maximum atomic E-state index is 4.13. The van der Waals surface area contributed by atoms with Gasteiger partial charge in [-0.25, -0.2) is 0 Å². The molecule has 0 fully saturated rings. The average Bonchev–Trinajstić information content (AvgIpc) is 2.26. The van der Waals surface area contributed by atoms with Gasteiger partial charge >= 0.3 is 0 Å². The van der Waals surface area contributed by atoms with Crippen LogP contribution in [0.15, 0.2) is 41.5 Å². The third-order valence-electron chi connectivity index (χ3n) is 2.58. The van der Waals surface area contributed by atoms with E-state index in [2.05, 4.69) is 33.8 Å². The molecule has 1 aromatic carbocycles. The van der Waals surface area contributed by atoms with Gasteiger partial charge in [-0.2, -0.15) is 0 Å². The number of aliphatic imine (C=N–C) groups is 1. The molecule has 0 saturated heterocycles. The zero-order valence-electron chi connectivity index (χ0n) is 7.64. The van der Waals surface area contributed by atoms with E-state index in [9.17, 15) is 0 Å². The second-order valence-electron chi connectivity index (χ2n) is 3.53. The predicted octanol–water partition coefficient (Wildman–Crippen LogP) is 1.86. The van der Waals surface area contributed by atoms with Gasteiger partial charge < -0.3 is 10.6 Å². The Morgan fingerprint density at radius 3 is 2.50 bits per heavy atom. The van der Waals surface area contributed by atoms with Gasteiger partial charge in [-0.1, -0.05) is 12.1 Å². The number of nitrogens with one attached hydrogen (secondary N) is 2. The fraction of sp³-hybridized carbons (Fsp3) is 0.182. The molecule has 14 heavy (non-hydrogen) atoms. The Labute approximate surface area is 82.5 Å². The smallest absolute Gasteiger partial charge is 0.0854 e. The quantitative estimate of drug-likeness (QED) is 0.647. The molecule has 3 heteroatoms. The molecule has 2 heterocycles. The van der Waals surface area contributed by atoms with Gasteiger partial charge in [0.05, 0.1) is 23.5 Å². The van der Waals surface area contributed by atoms with Gasteiger partial charge in [0.25, 0.3) is 0 Å². The van der Waals surface area contributed by atoms with Crippen molar-refractivity contribution in [1.82, 2.24) is 0 Å². The van der Waals surface area contributed by atoms with Crippen LogP contribution in [-0.4, -0.2) is 18.3 Å². The molecule has 2 atom stereocenters. The number of anilines is 2. The van der Waals surface area contributed by atoms with Crippen molar-refractivity contribution < 1.29 is 0 Å². The van der Waals surface area contributed by atoms with Gasteiger partial charge in [-0.15, -0.1) is 0 Å². The van der Waals surface area contributed by atoms with Gasteiger partial charge in [0.1, 0.15) is 0 Å². The first kappa shape index (κ1) is 7.62. The first-order valence-corrected chi connectivity index (χ1v) is 4.75. The van der Waals surface area contributed by atoms with Gasteiger partial charge in [0, 0.05) is 12.4 Å². The molecular weight excluding hydrogens is 174 g/mol. The molecule has 2 N–H and O–H groups in total. The minimum Gasteiger partial charge on any atom is -0.375 e. The van der Waals surface area contributed by atoms with Crippen molar-refractivity contribution in [3.8, 4) is 0 Å². The van der Waals surface area contributed by atoms with Crippen LogP contribution in [0.25, 0.3) is 0 Å². The largest absolute Gasteiger partial charge is 0.375 e. The minimum atomic E-state index is 0.273. The molecule has 1 aromatic rings. The van der Waals surface area contributed by atoms with Crippen molar-refractivity contribution in [1.29, 1.82) is 0 Å². The lowest BCUT2D eigenvalue weighted by atomic mass is 10.0. The molecule has 0 spiro atoms. The van der Waals surface area contributed by atoms with Gasteiger partial charge in [0.15, 0.2) is 0 Å². The molecule has 0 aromatic heterocycles. The standard InChI is InChI=1S/C11H11N3/c1-2-4-9-8(3-1)13-10-5-6-12-7-11(10)14-9/h1-7,10-11,13-14H. The average molecular weight is 185 g/mol. The van der Waals surface area contributed by atoms with E-state index in [0.717, 1.165) is 11.4 Å². The van der Waals surface area contributed by atoms with E-state index in [1.807, 2.05) is 24.5 Å². The number of hydrogen-bond donors (Lipinski definition) is 2. The first-order chi connectivity index (χ1) is 6.93. The minimum absolute atomic E-state index is 0.273. The molecule has 3 rings (SSSR count). The zero-order chi connectivity index (χ0) is 9.38. The fourth-order valence-corrected chi connectivity index (χ4v) is 1.86. The summed E-state index contributed by atoms with van der Waals surface area (Å²) in [6, 6.07) is 8.82. The fourth-order valence-electron chi connectivity index (χ4n) is 1.86. The van der Waals surface area contributed by atoms with Gasteiger partial charge in [0.2, 0.25) is 0 Å². The van der Waals surface area contributed by atoms with Crippen molar-refractivity contribution in [3.05, 3.63) is 36.5 Å². The van der Waals surface area contributed by atoms with Crippen molar-refractivity contribution in [3.63, 3.8) is 0 Å². The Bertz CT molecular complexity index is 370. The van der Waals surface area contributed by atoms with E-state index >= 15 is 0 Å². The van der Waals surface area contributed by atoms with E-state index in [1.54, 1.807) is 0 Å². The van der Waals surface area contributed by atoms with Crippen LogP contribution in [0.5, 0.6) is 0 Å². The summed E-state index contributed by atoms with van der Waals surface area (Å²) in [4.78, 5) is 4.13. The van der Waals surface area contributed by atoms with E-state index < -0.39 is 0 Å². The zero-order valence-corrected chi connectivity index (χ0v) is 7.64. The van der Waals surface area contributed by atoms with Crippen molar-refractivity contribution in [2.24, 2.45) is 4.99 Å². The lowest BCUT2D eigenvalue weighted by Crippen LogP contribution is -2.43. The highest BCUT2D eigenvalue weighted by Gasteiger charge is 2.24. The first-order valence-electron chi connectivity index (χ1n) is 4.75. The molecule has 70 valence electrons. The number of rotatable bonds is 0. The summed E-state index contributed by atoms with van der Waals surface area (Å²) < 4.78 is 0. The molecule has 2 unspecified atom stereocenters. The van der Waals surface area contributed by atoms with E-state index in [-0.39, 0.29) is 6.04 Å². The molecule has 0 bridgehead atoms. The number of para-hydroxylation sites is 2. The molecule has 0 radical (unpaired) electrons. The molecular formula is C11H11N3. The second-order valence-corrected chi connectivity index (χ2v) is 3.53. The van der Waals surface area contributed by atoms with Crippen LogP contribution in [0, 0.1) is 0 Å². The molecule has 2 aliphatic heterocycles. The van der Waals surface area contributed by atoms with E-state index in [0.29, 0.717) is 6.04 Å². The van der Waals surface area contributed by atoms with Crippen LogP contribution in [0.3, 0.4) is 0 Å². The molecule has 2 aliphatic rings. The summed E-state index contributed by atoms with van der Waals surface area (Å²) in [5.41, 5.74) is 2.31. The highest BCUT2D eigenvalue weighted by Crippen LogP contribution is 2.28. The topological polar surface area (TPSA) is 36.4 Å². The van der Waals surface area contributed by atoms with Crippen molar-refractivity contribution in [2.45, 2.75) is 12.1 Å². The van der Waals surface area contributed by atoms with Crippen LogP contribution < -0.4 is 10.6 Å². The summed E-state index contributed by atoms with van der Waals surface area (Å²) in [5.74, 6) is 0. The lowest BCUT2D eigenvalue weighted by molar-refractivity contribution is 0.802. The Morgan fingerprint density at radius 1 is 1.00 bits per heavy atom.